The standard InChI is InChI=1S/C11H15F2NO/c1-11(14,7-15-2)6-8-5-9(12)3-4-10(8)13/h3-5H,6-7,14H2,1-2H3. The molecule has 84 valence electrons. The van der Waals surface area contributed by atoms with Crippen molar-refractivity contribution in [1.82, 2.24) is 0 Å². The number of rotatable bonds is 4. The first-order valence-corrected chi connectivity index (χ1v) is 4.66. The molecule has 1 aromatic rings. The van der Waals surface area contributed by atoms with Gasteiger partial charge in [0, 0.05) is 12.6 Å². The molecule has 0 heterocycles. The maximum Gasteiger partial charge on any atom is 0.126 e. The molecule has 0 spiro atoms. The number of hydrogen-bond donors (Lipinski definition) is 1. The molecule has 15 heavy (non-hydrogen) atoms. The van der Waals surface area contributed by atoms with E-state index in [0.717, 1.165) is 18.2 Å². The lowest BCUT2D eigenvalue weighted by atomic mass is 9.94. The third-order valence-electron chi connectivity index (χ3n) is 2.08. The van der Waals surface area contributed by atoms with Gasteiger partial charge in [-0.25, -0.2) is 8.78 Å². The number of benzene rings is 1. The molecule has 0 fully saturated rings. The zero-order chi connectivity index (χ0) is 11.5. The Labute approximate surface area is 88.0 Å². The van der Waals surface area contributed by atoms with Crippen molar-refractivity contribution >= 4 is 0 Å². The van der Waals surface area contributed by atoms with Crippen LogP contribution >= 0.6 is 0 Å². The van der Waals surface area contributed by atoms with Crippen LogP contribution in [-0.2, 0) is 11.2 Å². The summed E-state index contributed by atoms with van der Waals surface area (Å²) in [6.07, 6.45) is 0.241. The average molecular weight is 215 g/mol. The van der Waals surface area contributed by atoms with Gasteiger partial charge in [-0.1, -0.05) is 0 Å². The quantitative estimate of drug-likeness (QED) is 0.832. The van der Waals surface area contributed by atoms with Crippen molar-refractivity contribution < 1.29 is 13.5 Å². The molecule has 0 aliphatic rings. The highest BCUT2D eigenvalue weighted by atomic mass is 19.1. The lowest BCUT2D eigenvalue weighted by Gasteiger charge is -2.23. The van der Waals surface area contributed by atoms with Gasteiger partial charge < -0.3 is 10.5 Å². The molecule has 0 aliphatic carbocycles. The van der Waals surface area contributed by atoms with E-state index < -0.39 is 17.2 Å². The number of hydrogen-bond acceptors (Lipinski definition) is 2. The van der Waals surface area contributed by atoms with E-state index in [4.69, 9.17) is 10.5 Å². The summed E-state index contributed by atoms with van der Waals surface area (Å²) in [7, 11) is 1.52. The van der Waals surface area contributed by atoms with Crippen LogP contribution in [0.3, 0.4) is 0 Å². The number of methoxy groups -OCH3 is 1. The maximum atomic E-state index is 13.3. The summed E-state index contributed by atoms with van der Waals surface area (Å²) in [6.45, 7) is 2.03. The zero-order valence-corrected chi connectivity index (χ0v) is 8.89. The van der Waals surface area contributed by atoms with Crippen LogP contribution in [0, 0.1) is 11.6 Å². The second-order valence-electron chi connectivity index (χ2n) is 4.00. The Morgan fingerprint density at radius 1 is 1.40 bits per heavy atom. The molecule has 0 amide bonds. The van der Waals surface area contributed by atoms with Gasteiger partial charge >= 0.3 is 0 Å². The number of nitrogens with two attached hydrogens (primary N) is 1. The SMILES string of the molecule is COCC(C)(N)Cc1cc(F)ccc1F. The Balaban J connectivity index is 2.83. The van der Waals surface area contributed by atoms with E-state index in [1.54, 1.807) is 6.92 Å². The molecule has 0 saturated carbocycles. The smallest absolute Gasteiger partial charge is 0.126 e. The van der Waals surface area contributed by atoms with E-state index in [9.17, 15) is 8.78 Å². The van der Waals surface area contributed by atoms with Crippen molar-refractivity contribution in [1.29, 1.82) is 0 Å². The van der Waals surface area contributed by atoms with E-state index in [1.807, 2.05) is 0 Å². The highest BCUT2D eigenvalue weighted by molar-refractivity contribution is 5.21. The second kappa shape index (κ2) is 4.68. The third kappa shape index (κ3) is 3.57. The van der Waals surface area contributed by atoms with Crippen molar-refractivity contribution in [2.24, 2.45) is 5.73 Å². The molecule has 4 heteroatoms. The van der Waals surface area contributed by atoms with Crippen LogP contribution in [0.2, 0.25) is 0 Å². The predicted octanol–water partition coefficient (Wildman–Crippen LogP) is 1.87. The minimum atomic E-state index is -0.691. The lowest BCUT2D eigenvalue weighted by Crippen LogP contribution is -2.43. The van der Waals surface area contributed by atoms with Crippen LogP contribution in [0.25, 0.3) is 0 Å². The number of ether oxygens (including phenoxy) is 1. The summed E-state index contributed by atoms with van der Waals surface area (Å²) in [5.41, 5.74) is 5.45. The van der Waals surface area contributed by atoms with Crippen molar-refractivity contribution in [2.75, 3.05) is 13.7 Å². The Hall–Kier alpha value is -1.00. The minimum Gasteiger partial charge on any atom is -0.383 e. The Morgan fingerprint density at radius 2 is 2.07 bits per heavy atom. The van der Waals surface area contributed by atoms with Crippen LogP contribution in [-0.4, -0.2) is 19.3 Å². The van der Waals surface area contributed by atoms with Gasteiger partial charge in [0.1, 0.15) is 11.6 Å². The van der Waals surface area contributed by atoms with Gasteiger partial charge in [0.05, 0.1) is 6.61 Å². The fraction of sp³-hybridized carbons (Fsp3) is 0.455. The first-order valence-electron chi connectivity index (χ1n) is 4.66. The molecule has 1 aromatic carbocycles. The average Bonchev–Trinajstić information content (AvgIpc) is 2.10. The fourth-order valence-electron chi connectivity index (χ4n) is 1.49. The first-order chi connectivity index (χ1) is 6.94. The molecular formula is C11H15F2NO. The van der Waals surface area contributed by atoms with Crippen LogP contribution in [0.1, 0.15) is 12.5 Å². The molecule has 0 saturated heterocycles. The largest absolute Gasteiger partial charge is 0.383 e. The van der Waals surface area contributed by atoms with Crippen molar-refractivity contribution in [2.45, 2.75) is 18.9 Å². The van der Waals surface area contributed by atoms with E-state index in [0.29, 0.717) is 6.61 Å². The van der Waals surface area contributed by atoms with E-state index in [2.05, 4.69) is 0 Å². The molecule has 0 bridgehead atoms. The second-order valence-corrected chi connectivity index (χ2v) is 4.00. The van der Waals surface area contributed by atoms with Gasteiger partial charge in [-0.3, -0.25) is 0 Å². The minimum absolute atomic E-state index is 0.241. The Morgan fingerprint density at radius 3 is 2.67 bits per heavy atom. The van der Waals surface area contributed by atoms with Crippen molar-refractivity contribution in [3.8, 4) is 0 Å². The fourth-order valence-corrected chi connectivity index (χ4v) is 1.49. The molecule has 0 aliphatic heterocycles. The van der Waals surface area contributed by atoms with Gasteiger partial charge in [-0.15, -0.1) is 0 Å². The summed E-state index contributed by atoms with van der Waals surface area (Å²) in [5, 5.41) is 0. The zero-order valence-electron chi connectivity index (χ0n) is 8.89. The summed E-state index contributed by atoms with van der Waals surface area (Å²) >= 11 is 0. The Kier molecular flexibility index (Phi) is 3.77. The monoisotopic (exact) mass is 215 g/mol. The van der Waals surface area contributed by atoms with Gasteiger partial charge in [0.25, 0.3) is 0 Å². The summed E-state index contributed by atoms with van der Waals surface area (Å²) in [5.74, 6) is -0.899. The lowest BCUT2D eigenvalue weighted by molar-refractivity contribution is 0.140. The van der Waals surface area contributed by atoms with Crippen LogP contribution in [0.4, 0.5) is 8.78 Å². The molecular weight excluding hydrogens is 200 g/mol. The van der Waals surface area contributed by atoms with E-state index >= 15 is 0 Å². The van der Waals surface area contributed by atoms with E-state index in [1.165, 1.54) is 7.11 Å². The summed E-state index contributed by atoms with van der Waals surface area (Å²) < 4.78 is 31.1. The van der Waals surface area contributed by atoms with Crippen molar-refractivity contribution in [3.63, 3.8) is 0 Å². The predicted molar refractivity (Wildman–Crippen MR) is 54.5 cm³/mol. The normalized spacial score (nSPS) is 15.0. The van der Waals surface area contributed by atoms with Gasteiger partial charge in [-0.2, -0.15) is 0 Å². The molecule has 0 radical (unpaired) electrons. The molecule has 1 unspecified atom stereocenters. The van der Waals surface area contributed by atoms with Gasteiger partial charge in [0.15, 0.2) is 0 Å². The van der Waals surface area contributed by atoms with Crippen LogP contribution in [0.15, 0.2) is 18.2 Å². The molecule has 2 N–H and O–H groups in total. The maximum absolute atomic E-state index is 13.3. The summed E-state index contributed by atoms with van der Waals surface area (Å²) in [4.78, 5) is 0. The first kappa shape index (κ1) is 12.1. The highest BCUT2D eigenvalue weighted by Crippen LogP contribution is 2.16. The van der Waals surface area contributed by atoms with Crippen LogP contribution < -0.4 is 5.73 Å². The molecule has 0 aromatic heterocycles. The van der Waals surface area contributed by atoms with Crippen LogP contribution in [0.5, 0.6) is 0 Å². The highest BCUT2D eigenvalue weighted by Gasteiger charge is 2.21. The van der Waals surface area contributed by atoms with E-state index in [-0.39, 0.29) is 12.0 Å². The van der Waals surface area contributed by atoms with Gasteiger partial charge in [-0.05, 0) is 37.1 Å². The van der Waals surface area contributed by atoms with Gasteiger partial charge in [0.2, 0.25) is 0 Å². The molecule has 2 nitrogen and oxygen atoms in total. The molecule has 1 rings (SSSR count). The number of halogens is 2. The topological polar surface area (TPSA) is 35.2 Å². The van der Waals surface area contributed by atoms with Crippen molar-refractivity contribution in [3.05, 3.63) is 35.4 Å². The molecule has 1 atom stereocenters. The Bertz CT molecular complexity index is 339. The summed E-state index contributed by atoms with van der Waals surface area (Å²) in [6, 6.07) is 3.35. The third-order valence-corrected chi connectivity index (χ3v) is 2.08.